The van der Waals surface area contributed by atoms with Crippen LogP contribution >= 0.6 is 0 Å². The monoisotopic (exact) mass is 201 g/mol. The van der Waals surface area contributed by atoms with Crippen molar-refractivity contribution in [1.82, 2.24) is 0 Å². The van der Waals surface area contributed by atoms with E-state index >= 15 is 0 Å². The number of nitrogens with two attached hydrogens (primary N) is 1. The molecule has 4 heteroatoms. The topological polar surface area (TPSA) is 46.2 Å². The highest BCUT2D eigenvalue weighted by Crippen LogP contribution is 2.30. The van der Waals surface area contributed by atoms with Gasteiger partial charge in [0.1, 0.15) is 17.4 Å². The van der Waals surface area contributed by atoms with Gasteiger partial charge in [-0.15, -0.1) is 0 Å². The van der Waals surface area contributed by atoms with E-state index in [1.165, 1.54) is 0 Å². The van der Waals surface area contributed by atoms with E-state index < -0.39 is 23.4 Å². The van der Waals surface area contributed by atoms with Crippen molar-refractivity contribution in [1.29, 1.82) is 0 Å². The summed E-state index contributed by atoms with van der Waals surface area (Å²) in [4.78, 5) is 0. The van der Waals surface area contributed by atoms with Gasteiger partial charge in [-0.2, -0.15) is 0 Å². The molecule has 0 aromatic heterocycles. The fourth-order valence-corrected chi connectivity index (χ4v) is 1.23. The number of halogens is 2. The second kappa shape index (κ2) is 3.92. The van der Waals surface area contributed by atoms with Gasteiger partial charge in [-0.1, -0.05) is 13.8 Å². The minimum Gasteiger partial charge on any atom is -0.507 e. The molecule has 0 saturated carbocycles. The molecule has 1 atom stereocenters. The van der Waals surface area contributed by atoms with E-state index in [4.69, 9.17) is 5.73 Å². The highest BCUT2D eigenvalue weighted by molar-refractivity contribution is 5.36. The van der Waals surface area contributed by atoms with Crippen LogP contribution in [0.4, 0.5) is 8.78 Å². The number of benzene rings is 1. The molecule has 78 valence electrons. The molecule has 0 amide bonds. The van der Waals surface area contributed by atoms with Crippen LogP contribution in [0.2, 0.25) is 0 Å². The molecule has 0 unspecified atom stereocenters. The van der Waals surface area contributed by atoms with Crippen LogP contribution < -0.4 is 5.73 Å². The molecule has 0 fully saturated rings. The minimum absolute atomic E-state index is 0.0265. The Morgan fingerprint density at radius 3 is 2.29 bits per heavy atom. The lowest BCUT2D eigenvalue weighted by molar-refractivity contribution is 0.416. The normalized spacial score (nSPS) is 13.3. The highest BCUT2D eigenvalue weighted by atomic mass is 19.1. The highest BCUT2D eigenvalue weighted by Gasteiger charge is 2.20. The van der Waals surface area contributed by atoms with Gasteiger partial charge in [0.25, 0.3) is 0 Å². The van der Waals surface area contributed by atoms with E-state index in [9.17, 15) is 13.9 Å². The van der Waals surface area contributed by atoms with Gasteiger partial charge in [-0.05, 0) is 5.92 Å². The van der Waals surface area contributed by atoms with Gasteiger partial charge < -0.3 is 10.8 Å². The molecule has 2 nitrogen and oxygen atoms in total. The molecule has 14 heavy (non-hydrogen) atoms. The van der Waals surface area contributed by atoms with Crippen LogP contribution in [0.3, 0.4) is 0 Å². The summed E-state index contributed by atoms with van der Waals surface area (Å²) in [6.07, 6.45) is 0. The molecule has 1 aromatic rings. The molecule has 0 aliphatic carbocycles. The van der Waals surface area contributed by atoms with Crippen molar-refractivity contribution >= 4 is 0 Å². The second-order valence-electron chi connectivity index (χ2n) is 3.59. The lowest BCUT2D eigenvalue weighted by atomic mass is 9.96. The molecule has 1 aromatic carbocycles. The van der Waals surface area contributed by atoms with E-state index in [1.54, 1.807) is 13.8 Å². The Hall–Kier alpha value is -1.16. The average molecular weight is 201 g/mol. The van der Waals surface area contributed by atoms with Crippen LogP contribution in [0.15, 0.2) is 12.1 Å². The lowest BCUT2D eigenvalue weighted by Crippen LogP contribution is -2.18. The zero-order valence-electron chi connectivity index (χ0n) is 8.09. The second-order valence-corrected chi connectivity index (χ2v) is 3.59. The van der Waals surface area contributed by atoms with Crippen molar-refractivity contribution in [2.75, 3.05) is 0 Å². The summed E-state index contributed by atoms with van der Waals surface area (Å²) in [6, 6.07) is 0.952. The van der Waals surface area contributed by atoms with Gasteiger partial charge in [0.15, 0.2) is 0 Å². The summed E-state index contributed by atoms with van der Waals surface area (Å²) < 4.78 is 25.9. The molecule has 0 aliphatic heterocycles. The van der Waals surface area contributed by atoms with Crippen molar-refractivity contribution in [3.63, 3.8) is 0 Å². The Bertz CT molecular complexity index is 316. The maximum absolute atomic E-state index is 13.2. The third-order valence-electron chi connectivity index (χ3n) is 2.12. The van der Waals surface area contributed by atoms with E-state index in [0.29, 0.717) is 0 Å². The fourth-order valence-electron chi connectivity index (χ4n) is 1.23. The summed E-state index contributed by atoms with van der Waals surface area (Å²) in [5, 5.41) is 9.33. The molecule has 0 bridgehead atoms. The molecule has 0 aliphatic rings. The largest absolute Gasteiger partial charge is 0.507 e. The van der Waals surface area contributed by atoms with Gasteiger partial charge in [0, 0.05) is 23.7 Å². The predicted molar refractivity (Wildman–Crippen MR) is 49.8 cm³/mol. The molecule has 0 heterocycles. The zero-order chi connectivity index (χ0) is 10.9. The summed E-state index contributed by atoms with van der Waals surface area (Å²) in [6.45, 7) is 3.60. The molecular formula is C10H13F2NO. The number of phenolic OH excluding ortho intramolecular Hbond substituents is 1. The maximum Gasteiger partial charge on any atom is 0.134 e. The molecule has 0 radical (unpaired) electrons. The van der Waals surface area contributed by atoms with E-state index in [1.807, 2.05) is 0 Å². The van der Waals surface area contributed by atoms with Gasteiger partial charge in [-0.3, -0.25) is 0 Å². The van der Waals surface area contributed by atoms with Crippen molar-refractivity contribution < 1.29 is 13.9 Å². The Labute approximate surface area is 81.4 Å². The van der Waals surface area contributed by atoms with Gasteiger partial charge in [0.05, 0.1) is 0 Å². The van der Waals surface area contributed by atoms with Crippen LogP contribution in [0.5, 0.6) is 5.75 Å². The Morgan fingerprint density at radius 2 is 1.86 bits per heavy atom. The van der Waals surface area contributed by atoms with E-state index in [0.717, 1.165) is 12.1 Å². The Morgan fingerprint density at radius 1 is 1.29 bits per heavy atom. The first kappa shape index (κ1) is 10.9. The zero-order valence-corrected chi connectivity index (χ0v) is 8.09. The number of phenols is 1. The van der Waals surface area contributed by atoms with Crippen LogP contribution in [-0.2, 0) is 0 Å². The van der Waals surface area contributed by atoms with Crippen molar-refractivity contribution in [2.24, 2.45) is 11.7 Å². The van der Waals surface area contributed by atoms with Crippen molar-refractivity contribution in [3.8, 4) is 5.75 Å². The number of hydrogen-bond donors (Lipinski definition) is 2. The van der Waals surface area contributed by atoms with Crippen molar-refractivity contribution in [2.45, 2.75) is 19.9 Å². The first-order chi connectivity index (χ1) is 6.43. The molecule has 1 rings (SSSR count). The minimum atomic E-state index is -0.806. The molecular weight excluding hydrogens is 188 g/mol. The fraction of sp³-hybridized carbons (Fsp3) is 0.400. The van der Waals surface area contributed by atoms with Crippen LogP contribution in [0.25, 0.3) is 0 Å². The molecule has 3 N–H and O–H groups in total. The SMILES string of the molecule is CC(C)[C@H](N)c1c(O)cc(F)cc1F. The maximum atomic E-state index is 13.2. The average Bonchev–Trinajstić information content (AvgIpc) is 2.01. The predicted octanol–water partition coefficient (Wildman–Crippen LogP) is 2.33. The van der Waals surface area contributed by atoms with Crippen LogP contribution in [-0.4, -0.2) is 5.11 Å². The molecule has 0 saturated heterocycles. The summed E-state index contributed by atoms with van der Waals surface area (Å²) >= 11 is 0. The van der Waals surface area contributed by atoms with Crippen LogP contribution in [0.1, 0.15) is 25.5 Å². The third kappa shape index (κ3) is 2.01. The van der Waals surface area contributed by atoms with Crippen molar-refractivity contribution in [3.05, 3.63) is 29.3 Å². The Kier molecular flexibility index (Phi) is 3.06. The van der Waals surface area contributed by atoms with E-state index in [-0.39, 0.29) is 11.5 Å². The summed E-state index contributed by atoms with van der Waals surface area (Å²) in [7, 11) is 0. The van der Waals surface area contributed by atoms with Gasteiger partial charge in [-0.25, -0.2) is 8.78 Å². The van der Waals surface area contributed by atoms with Gasteiger partial charge >= 0.3 is 0 Å². The number of rotatable bonds is 2. The number of aromatic hydroxyl groups is 1. The van der Waals surface area contributed by atoms with Gasteiger partial charge in [0.2, 0.25) is 0 Å². The smallest absolute Gasteiger partial charge is 0.134 e. The first-order valence-electron chi connectivity index (χ1n) is 4.37. The molecule has 0 spiro atoms. The Balaban J connectivity index is 3.20. The quantitative estimate of drug-likeness (QED) is 0.771. The third-order valence-corrected chi connectivity index (χ3v) is 2.12. The van der Waals surface area contributed by atoms with E-state index in [2.05, 4.69) is 0 Å². The standard InChI is InChI=1S/C10H13F2NO/c1-5(2)10(13)9-7(12)3-6(11)4-8(9)14/h3-5,10,14H,13H2,1-2H3/t10-/m0/s1. The first-order valence-corrected chi connectivity index (χ1v) is 4.37. The number of hydrogen-bond acceptors (Lipinski definition) is 2. The van der Waals surface area contributed by atoms with Crippen LogP contribution in [0, 0.1) is 17.6 Å². The summed E-state index contributed by atoms with van der Waals surface area (Å²) in [5.41, 5.74) is 5.64. The lowest BCUT2D eigenvalue weighted by Gasteiger charge is -2.17. The summed E-state index contributed by atoms with van der Waals surface area (Å²) in [5.74, 6) is -2.06.